The standard InChI is InChI=1S/C26H36N4O6S/c1-17(2)27-26(33)29(5)15-24-18(3)14-30(19(4)16-31)25(32)22-13-20(11-12-23(22)36-24)28-37(34,35)21-9-7-6-8-10-21/h6-13,17-19,24,28,31H,14-16H2,1-5H3,(H,27,33)/t18-,19+,24+/m0/s1. The molecular weight excluding hydrogens is 496 g/mol. The molecule has 0 unspecified atom stereocenters. The van der Waals surface area contributed by atoms with Crippen LogP contribution in [-0.4, -0.2) is 80.2 Å². The smallest absolute Gasteiger partial charge is 0.317 e. The molecule has 10 nitrogen and oxygen atoms in total. The molecule has 0 aliphatic carbocycles. The summed E-state index contributed by atoms with van der Waals surface area (Å²) < 4.78 is 34.5. The minimum absolute atomic E-state index is 0.0250. The number of nitrogens with one attached hydrogen (secondary N) is 2. The summed E-state index contributed by atoms with van der Waals surface area (Å²) in [6, 6.07) is 11.7. The highest BCUT2D eigenvalue weighted by atomic mass is 32.2. The molecule has 37 heavy (non-hydrogen) atoms. The second-order valence-corrected chi connectivity index (χ2v) is 11.4. The van der Waals surface area contributed by atoms with Gasteiger partial charge in [-0.05, 0) is 51.1 Å². The summed E-state index contributed by atoms with van der Waals surface area (Å²) in [5.74, 6) is -0.276. The van der Waals surface area contributed by atoms with Crippen LogP contribution in [0, 0.1) is 5.92 Å². The fraction of sp³-hybridized carbons (Fsp3) is 0.462. The van der Waals surface area contributed by atoms with Crippen molar-refractivity contribution in [1.29, 1.82) is 0 Å². The molecule has 1 aliphatic rings. The van der Waals surface area contributed by atoms with E-state index in [1.807, 2.05) is 20.8 Å². The van der Waals surface area contributed by atoms with E-state index in [0.29, 0.717) is 0 Å². The zero-order valence-electron chi connectivity index (χ0n) is 21.8. The topological polar surface area (TPSA) is 128 Å². The Morgan fingerprint density at radius 1 is 1.19 bits per heavy atom. The lowest BCUT2D eigenvalue weighted by Crippen LogP contribution is -2.51. The van der Waals surface area contributed by atoms with Gasteiger partial charge in [-0.1, -0.05) is 25.1 Å². The monoisotopic (exact) mass is 532 g/mol. The van der Waals surface area contributed by atoms with E-state index < -0.39 is 22.2 Å². The van der Waals surface area contributed by atoms with Gasteiger partial charge >= 0.3 is 6.03 Å². The second-order valence-electron chi connectivity index (χ2n) is 9.74. The lowest BCUT2D eigenvalue weighted by atomic mass is 9.99. The van der Waals surface area contributed by atoms with Crippen LogP contribution in [0.4, 0.5) is 10.5 Å². The molecule has 2 aromatic carbocycles. The van der Waals surface area contributed by atoms with E-state index >= 15 is 0 Å². The van der Waals surface area contributed by atoms with Gasteiger partial charge < -0.3 is 25.0 Å². The summed E-state index contributed by atoms with van der Waals surface area (Å²) in [7, 11) is -2.20. The van der Waals surface area contributed by atoms with Gasteiger partial charge in [0.1, 0.15) is 11.9 Å². The molecule has 3 atom stereocenters. The number of ether oxygens (including phenoxy) is 1. The average Bonchev–Trinajstić information content (AvgIpc) is 2.85. The van der Waals surface area contributed by atoms with Gasteiger partial charge in [-0.3, -0.25) is 9.52 Å². The fourth-order valence-corrected chi connectivity index (χ4v) is 5.10. The van der Waals surface area contributed by atoms with Gasteiger partial charge in [-0.25, -0.2) is 13.2 Å². The van der Waals surface area contributed by atoms with Crippen molar-refractivity contribution in [3.63, 3.8) is 0 Å². The maximum absolute atomic E-state index is 13.6. The SMILES string of the molecule is CC(C)NC(=O)N(C)C[C@H]1Oc2ccc(NS(=O)(=O)c3ccccc3)cc2C(=O)N([C@H](C)CO)C[C@@H]1C. The number of aliphatic hydroxyl groups is 1. The third-order valence-electron chi connectivity index (χ3n) is 6.18. The number of anilines is 1. The number of fused-ring (bicyclic) bond motifs is 1. The molecule has 3 rings (SSSR count). The maximum Gasteiger partial charge on any atom is 0.317 e. The van der Waals surface area contributed by atoms with Gasteiger partial charge in [0.15, 0.2) is 0 Å². The Bertz CT molecular complexity index is 1200. The van der Waals surface area contributed by atoms with E-state index in [1.54, 1.807) is 43.1 Å². The molecule has 0 radical (unpaired) electrons. The number of urea groups is 1. The first-order valence-electron chi connectivity index (χ1n) is 12.2. The van der Waals surface area contributed by atoms with Crippen LogP contribution in [0.2, 0.25) is 0 Å². The number of benzene rings is 2. The molecule has 3 amide bonds. The van der Waals surface area contributed by atoms with Crippen LogP contribution in [0.5, 0.6) is 5.75 Å². The number of likely N-dealkylation sites (N-methyl/N-ethyl adjacent to an activating group) is 1. The van der Waals surface area contributed by atoms with Crippen molar-refractivity contribution in [2.45, 2.75) is 50.8 Å². The summed E-state index contributed by atoms with van der Waals surface area (Å²) in [6.07, 6.45) is -0.463. The van der Waals surface area contributed by atoms with Crippen LogP contribution < -0.4 is 14.8 Å². The predicted octanol–water partition coefficient (Wildman–Crippen LogP) is 2.76. The van der Waals surface area contributed by atoms with Gasteiger partial charge in [-0.2, -0.15) is 0 Å². The van der Waals surface area contributed by atoms with E-state index in [2.05, 4.69) is 10.0 Å². The van der Waals surface area contributed by atoms with E-state index in [-0.39, 0.29) is 65.5 Å². The Balaban J connectivity index is 1.96. The van der Waals surface area contributed by atoms with E-state index in [4.69, 9.17) is 4.74 Å². The number of amides is 3. The number of hydrogen-bond acceptors (Lipinski definition) is 6. The van der Waals surface area contributed by atoms with E-state index in [1.165, 1.54) is 29.2 Å². The number of nitrogens with zero attached hydrogens (tertiary/aromatic N) is 2. The third-order valence-corrected chi connectivity index (χ3v) is 7.58. The van der Waals surface area contributed by atoms with Crippen molar-refractivity contribution in [2.24, 2.45) is 5.92 Å². The maximum atomic E-state index is 13.6. The summed E-state index contributed by atoms with van der Waals surface area (Å²) in [4.78, 5) is 29.2. The van der Waals surface area contributed by atoms with Crippen LogP contribution in [0.1, 0.15) is 38.1 Å². The number of rotatable bonds is 8. The van der Waals surface area contributed by atoms with Gasteiger partial charge in [0.05, 0.1) is 29.7 Å². The molecule has 11 heteroatoms. The fourth-order valence-electron chi connectivity index (χ4n) is 4.03. The number of carbonyl (C=O) groups is 2. The van der Waals surface area contributed by atoms with Gasteiger partial charge in [-0.15, -0.1) is 0 Å². The molecule has 1 aliphatic heterocycles. The molecule has 3 N–H and O–H groups in total. The predicted molar refractivity (Wildman–Crippen MR) is 141 cm³/mol. The van der Waals surface area contributed by atoms with Crippen LogP contribution in [0.25, 0.3) is 0 Å². The quantitative estimate of drug-likeness (QED) is 0.480. The lowest BCUT2D eigenvalue weighted by molar-refractivity contribution is 0.0366. The van der Waals surface area contributed by atoms with Crippen molar-refractivity contribution in [3.8, 4) is 5.75 Å². The molecule has 0 fully saturated rings. The van der Waals surface area contributed by atoms with Gasteiger partial charge in [0.25, 0.3) is 15.9 Å². The van der Waals surface area contributed by atoms with Gasteiger partial charge in [0.2, 0.25) is 0 Å². The molecule has 2 aromatic rings. The van der Waals surface area contributed by atoms with Crippen molar-refractivity contribution in [2.75, 3.05) is 31.5 Å². The minimum Gasteiger partial charge on any atom is -0.487 e. The number of aliphatic hydroxyl groups excluding tert-OH is 1. The Kier molecular flexibility index (Phi) is 9.03. The lowest BCUT2D eigenvalue weighted by Gasteiger charge is -2.38. The van der Waals surface area contributed by atoms with Crippen LogP contribution in [0.15, 0.2) is 53.4 Å². The summed E-state index contributed by atoms with van der Waals surface area (Å²) >= 11 is 0. The van der Waals surface area contributed by atoms with E-state index in [9.17, 15) is 23.1 Å². The molecule has 0 bridgehead atoms. The Hall–Kier alpha value is -3.31. The first kappa shape index (κ1) is 28.3. The second kappa shape index (κ2) is 11.8. The van der Waals surface area contributed by atoms with Crippen molar-refractivity contribution < 1.29 is 27.9 Å². The largest absolute Gasteiger partial charge is 0.487 e. The summed E-state index contributed by atoms with van der Waals surface area (Å²) in [5, 5.41) is 12.7. The van der Waals surface area contributed by atoms with Crippen molar-refractivity contribution >= 4 is 27.6 Å². The Morgan fingerprint density at radius 2 is 1.86 bits per heavy atom. The molecule has 1 heterocycles. The molecule has 0 saturated carbocycles. The van der Waals surface area contributed by atoms with Crippen LogP contribution >= 0.6 is 0 Å². The zero-order chi connectivity index (χ0) is 27.3. The van der Waals surface area contributed by atoms with Crippen LogP contribution in [0.3, 0.4) is 0 Å². The van der Waals surface area contributed by atoms with E-state index in [0.717, 1.165) is 0 Å². The first-order valence-corrected chi connectivity index (χ1v) is 13.7. The summed E-state index contributed by atoms with van der Waals surface area (Å²) in [5.41, 5.74) is 0.370. The molecule has 0 spiro atoms. The molecule has 0 aromatic heterocycles. The molecule has 0 saturated heterocycles. The average molecular weight is 533 g/mol. The normalized spacial score (nSPS) is 18.8. The highest BCUT2D eigenvalue weighted by Crippen LogP contribution is 2.31. The minimum atomic E-state index is -3.87. The highest BCUT2D eigenvalue weighted by molar-refractivity contribution is 7.92. The van der Waals surface area contributed by atoms with Crippen LogP contribution in [-0.2, 0) is 10.0 Å². The third kappa shape index (κ3) is 6.92. The highest BCUT2D eigenvalue weighted by Gasteiger charge is 2.34. The number of sulfonamides is 1. The molecule has 202 valence electrons. The summed E-state index contributed by atoms with van der Waals surface area (Å²) in [6.45, 7) is 7.72. The zero-order valence-corrected chi connectivity index (χ0v) is 22.7. The Morgan fingerprint density at radius 3 is 2.49 bits per heavy atom. The number of hydrogen-bond donors (Lipinski definition) is 3. The Labute approximate surface area is 218 Å². The number of carbonyl (C=O) groups excluding carboxylic acids is 2. The molecular formula is C26H36N4O6S. The van der Waals surface area contributed by atoms with Crippen molar-refractivity contribution in [3.05, 3.63) is 54.1 Å². The first-order chi connectivity index (χ1) is 17.4. The van der Waals surface area contributed by atoms with Gasteiger partial charge in [0, 0.05) is 31.2 Å². The van der Waals surface area contributed by atoms with Crippen molar-refractivity contribution in [1.82, 2.24) is 15.1 Å².